The van der Waals surface area contributed by atoms with Gasteiger partial charge < -0.3 is 4.74 Å². The van der Waals surface area contributed by atoms with Crippen molar-refractivity contribution in [3.05, 3.63) is 0 Å². The maximum Gasteiger partial charge on any atom is 0.232 e. The van der Waals surface area contributed by atoms with Crippen molar-refractivity contribution in [2.45, 2.75) is 58.5 Å². The average molecular weight is 297 g/mol. The molecule has 0 spiro atoms. The number of rotatable bonds is 7. The fraction of sp³-hybridized carbons (Fsp3) is 1.00. The highest BCUT2D eigenvalue weighted by atomic mass is 35.7. The van der Waals surface area contributed by atoms with Crippen LogP contribution in [0.2, 0.25) is 0 Å². The highest BCUT2D eigenvalue weighted by Crippen LogP contribution is 2.28. The zero-order chi connectivity index (χ0) is 13.6. The average Bonchev–Trinajstić information content (AvgIpc) is 2.33. The Labute approximate surface area is 116 Å². The fourth-order valence-corrected chi connectivity index (χ4v) is 4.03. The Bertz CT molecular complexity index is 329. The molecule has 0 bridgehead atoms. The fourth-order valence-electron chi connectivity index (χ4n) is 2.60. The van der Waals surface area contributed by atoms with E-state index in [9.17, 15) is 8.42 Å². The van der Waals surface area contributed by atoms with Gasteiger partial charge >= 0.3 is 0 Å². The van der Waals surface area contributed by atoms with Gasteiger partial charge in [-0.05, 0) is 24.7 Å². The van der Waals surface area contributed by atoms with Gasteiger partial charge in [0.1, 0.15) is 0 Å². The first-order valence-corrected chi connectivity index (χ1v) is 9.46. The predicted octanol–water partition coefficient (Wildman–Crippen LogP) is 3.57. The largest absolute Gasteiger partial charge is 0.378 e. The molecule has 3 nitrogen and oxygen atoms in total. The van der Waals surface area contributed by atoms with Crippen LogP contribution in [-0.4, -0.2) is 26.9 Å². The molecule has 0 heterocycles. The molecule has 0 radical (unpaired) electrons. The van der Waals surface area contributed by atoms with Gasteiger partial charge in [-0.1, -0.05) is 39.5 Å². The Morgan fingerprint density at radius 2 is 2.06 bits per heavy atom. The van der Waals surface area contributed by atoms with E-state index in [1.165, 1.54) is 19.3 Å². The summed E-state index contributed by atoms with van der Waals surface area (Å²) in [5.41, 5.74) is 0. The molecule has 5 heteroatoms. The van der Waals surface area contributed by atoms with Crippen molar-refractivity contribution in [1.82, 2.24) is 0 Å². The smallest absolute Gasteiger partial charge is 0.232 e. The van der Waals surface area contributed by atoms with E-state index in [-0.39, 0.29) is 11.7 Å². The van der Waals surface area contributed by atoms with Crippen LogP contribution in [0.5, 0.6) is 0 Å². The molecule has 3 atom stereocenters. The summed E-state index contributed by atoms with van der Waals surface area (Å²) in [6, 6.07) is 0. The number of hydrogen-bond donors (Lipinski definition) is 0. The zero-order valence-corrected chi connectivity index (χ0v) is 13.0. The van der Waals surface area contributed by atoms with Crippen molar-refractivity contribution >= 4 is 19.7 Å². The van der Waals surface area contributed by atoms with E-state index >= 15 is 0 Å². The number of halogens is 1. The third-order valence-corrected chi connectivity index (χ3v) is 5.14. The summed E-state index contributed by atoms with van der Waals surface area (Å²) in [5, 5.41) is 0. The van der Waals surface area contributed by atoms with Gasteiger partial charge in [0.2, 0.25) is 9.05 Å². The van der Waals surface area contributed by atoms with Crippen molar-refractivity contribution in [2.75, 3.05) is 12.4 Å². The molecule has 0 aromatic heterocycles. The molecule has 0 amide bonds. The lowest BCUT2D eigenvalue weighted by Crippen LogP contribution is -2.26. The second-order valence-corrected chi connectivity index (χ2v) is 8.20. The molecule has 1 aliphatic rings. The minimum Gasteiger partial charge on any atom is -0.378 e. The summed E-state index contributed by atoms with van der Waals surface area (Å²) in [7, 11) is 1.88. The molecule has 108 valence electrons. The monoisotopic (exact) mass is 296 g/mol. The molecule has 0 aliphatic heterocycles. The van der Waals surface area contributed by atoms with Gasteiger partial charge in [-0.3, -0.25) is 0 Å². The standard InChI is InChI=1S/C13H25ClO3S/c1-3-11-6-5-7-13(8-11)17-9-12(4-2)10-18(14,15)16/h11-13H,3-10H2,1-2H3. The molecular formula is C13H25ClO3S. The van der Waals surface area contributed by atoms with Gasteiger partial charge in [-0.25, -0.2) is 8.42 Å². The normalized spacial score (nSPS) is 27.1. The van der Waals surface area contributed by atoms with Gasteiger partial charge in [0.15, 0.2) is 0 Å². The van der Waals surface area contributed by atoms with Crippen LogP contribution in [0.15, 0.2) is 0 Å². The van der Waals surface area contributed by atoms with Crippen molar-refractivity contribution in [3.8, 4) is 0 Å². The molecule has 1 aliphatic carbocycles. The van der Waals surface area contributed by atoms with E-state index < -0.39 is 9.05 Å². The summed E-state index contributed by atoms with van der Waals surface area (Å²) in [5.74, 6) is 0.824. The highest BCUT2D eigenvalue weighted by Gasteiger charge is 2.23. The second kappa shape index (κ2) is 7.71. The first kappa shape index (κ1) is 16.3. The molecule has 0 N–H and O–H groups in total. The predicted molar refractivity (Wildman–Crippen MR) is 75.4 cm³/mol. The molecule has 0 saturated heterocycles. The van der Waals surface area contributed by atoms with Crippen molar-refractivity contribution < 1.29 is 13.2 Å². The SMILES string of the molecule is CCC1CCCC(OCC(CC)CS(=O)(=O)Cl)C1. The van der Waals surface area contributed by atoms with E-state index in [1.807, 2.05) is 6.92 Å². The molecule has 0 aromatic carbocycles. The molecule has 1 fully saturated rings. The lowest BCUT2D eigenvalue weighted by molar-refractivity contribution is -0.00301. The third-order valence-electron chi connectivity index (χ3n) is 3.89. The molecule has 0 aromatic rings. The lowest BCUT2D eigenvalue weighted by atomic mass is 9.85. The lowest BCUT2D eigenvalue weighted by Gasteiger charge is -2.29. The van der Waals surface area contributed by atoms with E-state index in [0.29, 0.717) is 12.7 Å². The van der Waals surface area contributed by atoms with Crippen LogP contribution in [0.4, 0.5) is 0 Å². The van der Waals surface area contributed by atoms with Gasteiger partial charge in [0.05, 0.1) is 18.5 Å². The Hall–Kier alpha value is 0.200. The van der Waals surface area contributed by atoms with Crippen LogP contribution in [0.1, 0.15) is 52.4 Å². The van der Waals surface area contributed by atoms with Gasteiger partial charge in [0.25, 0.3) is 0 Å². The third kappa shape index (κ3) is 6.39. The van der Waals surface area contributed by atoms with Crippen LogP contribution in [-0.2, 0) is 13.8 Å². The molecule has 1 rings (SSSR count). The van der Waals surface area contributed by atoms with Crippen LogP contribution < -0.4 is 0 Å². The van der Waals surface area contributed by atoms with Gasteiger partial charge in [-0.15, -0.1) is 0 Å². The van der Waals surface area contributed by atoms with Crippen LogP contribution in [0.25, 0.3) is 0 Å². The van der Waals surface area contributed by atoms with E-state index in [2.05, 4.69) is 6.92 Å². The minimum atomic E-state index is -3.41. The minimum absolute atomic E-state index is 0.0227. The van der Waals surface area contributed by atoms with E-state index in [0.717, 1.165) is 25.2 Å². The van der Waals surface area contributed by atoms with Gasteiger partial charge in [-0.2, -0.15) is 0 Å². The molecular weight excluding hydrogens is 272 g/mol. The van der Waals surface area contributed by atoms with E-state index in [4.69, 9.17) is 15.4 Å². The van der Waals surface area contributed by atoms with Crippen LogP contribution in [0, 0.1) is 11.8 Å². The van der Waals surface area contributed by atoms with Crippen LogP contribution >= 0.6 is 10.7 Å². The first-order chi connectivity index (χ1) is 8.44. The highest BCUT2D eigenvalue weighted by molar-refractivity contribution is 8.13. The molecule has 3 unspecified atom stereocenters. The Morgan fingerprint density at radius 3 is 2.61 bits per heavy atom. The Morgan fingerprint density at radius 1 is 1.33 bits per heavy atom. The van der Waals surface area contributed by atoms with Crippen LogP contribution in [0.3, 0.4) is 0 Å². The van der Waals surface area contributed by atoms with Crippen molar-refractivity contribution in [2.24, 2.45) is 11.8 Å². The number of ether oxygens (including phenoxy) is 1. The summed E-state index contributed by atoms with van der Waals surface area (Å²) >= 11 is 0. The Balaban J connectivity index is 2.33. The first-order valence-electron chi connectivity index (χ1n) is 6.98. The maximum absolute atomic E-state index is 11.1. The maximum atomic E-state index is 11.1. The summed E-state index contributed by atoms with van der Waals surface area (Å²) < 4.78 is 28.0. The summed E-state index contributed by atoms with van der Waals surface area (Å²) in [4.78, 5) is 0. The van der Waals surface area contributed by atoms with Crippen molar-refractivity contribution in [3.63, 3.8) is 0 Å². The molecule has 1 saturated carbocycles. The van der Waals surface area contributed by atoms with Crippen molar-refractivity contribution in [1.29, 1.82) is 0 Å². The zero-order valence-electron chi connectivity index (χ0n) is 11.4. The summed E-state index contributed by atoms with van der Waals surface area (Å²) in [6.07, 6.45) is 7.09. The molecule has 18 heavy (non-hydrogen) atoms. The number of hydrogen-bond acceptors (Lipinski definition) is 3. The summed E-state index contributed by atoms with van der Waals surface area (Å²) in [6.45, 7) is 4.72. The second-order valence-electron chi connectivity index (χ2n) is 5.38. The van der Waals surface area contributed by atoms with Gasteiger partial charge in [0, 0.05) is 10.7 Å². The van der Waals surface area contributed by atoms with E-state index in [1.54, 1.807) is 0 Å². The quantitative estimate of drug-likeness (QED) is 0.675. The topological polar surface area (TPSA) is 43.4 Å². The Kier molecular flexibility index (Phi) is 6.96.